The van der Waals surface area contributed by atoms with Crippen LogP contribution in [0.4, 0.5) is 0 Å². The number of rotatable bonds is 10. The highest BCUT2D eigenvalue weighted by Gasteiger charge is 2.17. The number of carbonyl (C=O) groups excluding carboxylic acids is 1. The molecule has 0 aliphatic heterocycles. The molecule has 0 aliphatic rings. The molecule has 29 heavy (non-hydrogen) atoms. The average Bonchev–Trinajstić information content (AvgIpc) is 3.15. The van der Waals surface area contributed by atoms with Crippen molar-refractivity contribution in [3.05, 3.63) is 48.5 Å². The molecule has 0 fully saturated rings. The Balaban J connectivity index is 1.83. The molecule has 0 atom stereocenters. The van der Waals surface area contributed by atoms with E-state index >= 15 is 0 Å². The highest BCUT2D eigenvalue weighted by molar-refractivity contribution is 7.99. The van der Waals surface area contributed by atoms with Gasteiger partial charge in [0.25, 0.3) is 0 Å². The molecular formula is C19H21N5O3S2. The quantitative estimate of drug-likeness (QED) is 0.272. The fourth-order valence-corrected chi connectivity index (χ4v) is 3.90. The van der Waals surface area contributed by atoms with E-state index in [9.17, 15) is 4.79 Å². The standard InChI is InChI=1S/C19H21N5O3S2/c1-3-26-15-8-6-14(7-9-15)24-16(12-28-18-20-10-5-11-21-18)22-23-19(24)29-13-17(25)27-4-2/h5-11H,3-4,12-13H2,1-2H3. The first kappa shape index (κ1) is 21.1. The Kier molecular flexibility index (Phi) is 7.88. The molecule has 0 radical (unpaired) electrons. The van der Waals surface area contributed by atoms with Gasteiger partial charge in [-0.3, -0.25) is 9.36 Å². The summed E-state index contributed by atoms with van der Waals surface area (Å²) >= 11 is 2.76. The topological polar surface area (TPSA) is 92.0 Å². The second kappa shape index (κ2) is 10.8. The Hall–Kier alpha value is -2.59. The van der Waals surface area contributed by atoms with E-state index in [0.29, 0.717) is 29.3 Å². The van der Waals surface area contributed by atoms with Crippen LogP contribution in [0.3, 0.4) is 0 Å². The highest BCUT2D eigenvalue weighted by Crippen LogP contribution is 2.27. The van der Waals surface area contributed by atoms with Crippen molar-refractivity contribution in [2.75, 3.05) is 19.0 Å². The highest BCUT2D eigenvalue weighted by atomic mass is 32.2. The van der Waals surface area contributed by atoms with Gasteiger partial charge in [0.15, 0.2) is 10.3 Å². The molecule has 2 aromatic heterocycles. The number of thioether (sulfide) groups is 2. The van der Waals surface area contributed by atoms with Gasteiger partial charge < -0.3 is 9.47 Å². The van der Waals surface area contributed by atoms with Crippen molar-refractivity contribution in [2.24, 2.45) is 0 Å². The van der Waals surface area contributed by atoms with E-state index in [0.717, 1.165) is 17.3 Å². The van der Waals surface area contributed by atoms with Gasteiger partial charge in [-0.2, -0.15) is 0 Å². The zero-order valence-corrected chi connectivity index (χ0v) is 17.8. The molecule has 0 aliphatic carbocycles. The van der Waals surface area contributed by atoms with Gasteiger partial charge in [0.2, 0.25) is 0 Å². The summed E-state index contributed by atoms with van der Waals surface area (Å²) in [6, 6.07) is 9.45. The molecule has 0 unspecified atom stereocenters. The number of carbonyl (C=O) groups is 1. The van der Waals surface area contributed by atoms with Gasteiger partial charge in [-0.15, -0.1) is 10.2 Å². The van der Waals surface area contributed by atoms with Gasteiger partial charge in [-0.25, -0.2) is 9.97 Å². The normalized spacial score (nSPS) is 10.7. The van der Waals surface area contributed by atoms with E-state index in [1.54, 1.807) is 25.4 Å². The van der Waals surface area contributed by atoms with Gasteiger partial charge in [0.05, 0.1) is 24.7 Å². The largest absolute Gasteiger partial charge is 0.494 e. The van der Waals surface area contributed by atoms with Crippen LogP contribution < -0.4 is 4.74 Å². The fraction of sp³-hybridized carbons (Fsp3) is 0.316. The van der Waals surface area contributed by atoms with Crippen LogP contribution in [-0.4, -0.2) is 49.7 Å². The molecule has 0 N–H and O–H groups in total. The van der Waals surface area contributed by atoms with E-state index in [4.69, 9.17) is 9.47 Å². The Bertz CT molecular complexity index is 919. The summed E-state index contributed by atoms with van der Waals surface area (Å²) in [5.74, 6) is 1.94. The van der Waals surface area contributed by atoms with Crippen LogP contribution in [-0.2, 0) is 15.3 Å². The Morgan fingerprint density at radius 1 is 1.03 bits per heavy atom. The summed E-state index contributed by atoms with van der Waals surface area (Å²) in [7, 11) is 0. The van der Waals surface area contributed by atoms with Crippen molar-refractivity contribution >= 4 is 29.5 Å². The summed E-state index contributed by atoms with van der Waals surface area (Å²) in [4.78, 5) is 20.2. The monoisotopic (exact) mass is 431 g/mol. The van der Waals surface area contributed by atoms with Crippen molar-refractivity contribution < 1.29 is 14.3 Å². The second-order valence-corrected chi connectivity index (χ2v) is 7.46. The minimum atomic E-state index is -0.285. The maximum absolute atomic E-state index is 11.8. The van der Waals surface area contributed by atoms with Crippen molar-refractivity contribution in [3.63, 3.8) is 0 Å². The molecule has 10 heteroatoms. The zero-order chi connectivity index (χ0) is 20.5. The van der Waals surface area contributed by atoms with Crippen LogP contribution >= 0.6 is 23.5 Å². The van der Waals surface area contributed by atoms with E-state index in [1.807, 2.05) is 35.8 Å². The predicted molar refractivity (Wildman–Crippen MR) is 111 cm³/mol. The molecule has 3 rings (SSSR count). The van der Waals surface area contributed by atoms with Gasteiger partial charge >= 0.3 is 5.97 Å². The summed E-state index contributed by atoms with van der Waals surface area (Å²) in [6.07, 6.45) is 3.40. The van der Waals surface area contributed by atoms with Crippen molar-refractivity contribution in [1.29, 1.82) is 0 Å². The van der Waals surface area contributed by atoms with Crippen molar-refractivity contribution in [1.82, 2.24) is 24.7 Å². The minimum Gasteiger partial charge on any atom is -0.494 e. The molecule has 152 valence electrons. The number of esters is 1. The predicted octanol–water partition coefficient (Wildman–Crippen LogP) is 3.40. The number of ether oxygens (including phenoxy) is 2. The zero-order valence-electron chi connectivity index (χ0n) is 16.1. The van der Waals surface area contributed by atoms with E-state index in [2.05, 4.69) is 20.2 Å². The van der Waals surface area contributed by atoms with E-state index in [-0.39, 0.29) is 11.7 Å². The van der Waals surface area contributed by atoms with Gasteiger partial charge in [0.1, 0.15) is 11.6 Å². The van der Waals surface area contributed by atoms with Gasteiger partial charge in [-0.05, 0) is 44.2 Å². The summed E-state index contributed by atoms with van der Waals surface area (Å²) in [6.45, 7) is 4.68. The third-order valence-electron chi connectivity index (χ3n) is 3.60. The maximum atomic E-state index is 11.8. The van der Waals surface area contributed by atoms with Crippen LogP contribution in [0.1, 0.15) is 19.7 Å². The lowest BCUT2D eigenvalue weighted by molar-refractivity contribution is -0.139. The number of hydrogen-bond acceptors (Lipinski definition) is 9. The van der Waals surface area contributed by atoms with Crippen molar-refractivity contribution in [3.8, 4) is 11.4 Å². The molecule has 0 amide bonds. The first-order valence-electron chi connectivity index (χ1n) is 9.07. The lowest BCUT2D eigenvalue weighted by atomic mass is 10.3. The lowest BCUT2D eigenvalue weighted by Crippen LogP contribution is -2.08. The third-order valence-corrected chi connectivity index (χ3v) is 5.38. The lowest BCUT2D eigenvalue weighted by Gasteiger charge is -2.11. The maximum Gasteiger partial charge on any atom is 0.316 e. The summed E-state index contributed by atoms with van der Waals surface area (Å²) in [5, 5.41) is 9.88. The summed E-state index contributed by atoms with van der Waals surface area (Å²) in [5.41, 5.74) is 0.884. The number of hydrogen-bond donors (Lipinski definition) is 0. The summed E-state index contributed by atoms with van der Waals surface area (Å²) < 4.78 is 12.5. The van der Waals surface area contributed by atoms with Gasteiger partial charge in [0, 0.05) is 18.1 Å². The van der Waals surface area contributed by atoms with E-state index in [1.165, 1.54) is 23.5 Å². The number of aromatic nitrogens is 5. The van der Waals surface area contributed by atoms with Gasteiger partial charge in [-0.1, -0.05) is 23.5 Å². The third kappa shape index (κ3) is 5.94. The molecule has 0 bridgehead atoms. The number of benzene rings is 1. The Labute approximate surface area is 177 Å². The first-order chi connectivity index (χ1) is 14.2. The van der Waals surface area contributed by atoms with Crippen LogP contribution in [0.25, 0.3) is 5.69 Å². The SMILES string of the molecule is CCOC(=O)CSc1nnc(CSc2ncccn2)n1-c1ccc(OCC)cc1. The molecule has 8 nitrogen and oxygen atoms in total. The molecular weight excluding hydrogens is 410 g/mol. The molecule has 0 saturated heterocycles. The van der Waals surface area contributed by atoms with Crippen molar-refractivity contribution in [2.45, 2.75) is 29.9 Å². The smallest absolute Gasteiger partial charge is 0.316 e. The van der Waals surface area contributed by atoms with Crippen LogP contribution in [0, 0.1) is 0 Å². The Morgan fingerprint density at radius 3 is 2.48 bits per heavy atom. The van der Waals surface area contributed by atoms with Crippen LogP contribution in [0.5, 0.6) is 5.75 Å². The van der Waals surface area contributed by atoms with Crippen LogP contribution in [0.15, 0.2) is 53.0 Å². The fourth-order valence-electron chi connectivity index (χ4n) is 2.42. The molecule has 0 saturated carbocycles. The minimum absolute atomic E-state index is 0.165. The molecule has 1 aromatic carbocycles. The average molecular weight is 432 g/mol. The molecule has 2 heterocycles. The first-order valence-corrected chi connectivity index (χ1v) is 11.0. The molecule has 0 spiro atoms. The second-order valence-electron chi connectivity index (χ2n) is 5.57. The van der Waals surface area contributed by atoms with Crippen LogP contribution in [0.2, 0.25) is 0 Å². The molecule has 3 aromatic rings. The number of nitrogens with zero attached hydrogens (tertiary/aromatic N) is 5. The van der Waals surface area contributed by atoms with E-state index < -0.39 is 0 Å². The Morgan fingerprint density at radius 2 is 1.79 bits per heavy atom.